The van der Waals surface area contributed by atoms with Gasteiger partial charge in [-0.25, -0.2) is 9.48 Å². The van der Waals surface area contributed by atoms with Gasteiger partial charge in [-0.15, -0.1) is 0 Å². The van der Waals surface area contributed by atoms with Crippen molar-refractivity contribution in [3.05, 3.63) is 64.9 Å². The quantitative estimate of drug-likeness (QED) is 0.641. The summed E-state index contributed by atoms with van der Waals surface area (Å²) < 4.78 is 17.0. The molecule has 0 radical (unpaired) electrons. The first-order chi connectivity index (χ1) is 14.0. The highest BCUT2D eigenvalue weighted by atomic mass is 35.5. The van der Waals surface area contributed by atoms with Crippen molar-refractivity contribution in [2.45, 2.75) is 6.92 Å². The van der Waals surface area contributed by atoms with E-state index in [1.165, 1.54) is 10.7 Å². The molecule has 0 aliphatic carbocycles. The topological polar surface area (TPSA) is 91.7 Å². The predicted molar refractivity (Wildman–Crippen MR) is 105 cm³/mol. The van der Waals surface area contributed by atoms with Gasteiger partial charge >= 0.3 is 5.97 Å². The predicted octanol–water partition coefficient (Wildman–Crippen LogP) is 3.68. The molecule has 1 amide bonds. The lowest BCUT2D eigenvalue weighted by atomic mass is 10.1. The molecular weight excluding hydrogens is 398 g/mol. The Labute approximate surface area is 170 Å². The Balaban J connectivity index is 1.53. The smallest absolute Gasteiger partial charge is 0.358 e. The molecule has 8 nitrogen and oxygen atoms in total. The van der Waals surface area contributed by atoms with E-state index >= 15 is 0 Å². The highest BCUT2D eigenvalue weighted by Crippen LogP contribution is 2.39. The summed E-state index contributed by atoms with van der Waals surface area (Å²) in [5, 5.41) is 7.33. The van der Waals surface area contributed by atoms with Crippen LogP contribution in [0.1, 0.15) is 27.8 Å². The average Bonchev–Trinajstić information content (AvgIpc) is 3.38. The Morgan fingerprint density at radius 3 is 2.93 bits per heavy atom. The van der Waals surface area contributed by atoms with Gasteiger partial charge in [0.15, 0.2) is 17.2 Å². The number of benzene rings is 2. The van der Waals surface area contributed by atoms with E-state index in [0.29, 0.717) is 33.5 Å². The van der Waals surface area contributed by atoms with Crippen LogP contribution >= 0.6 is 11.6 Å². The molecule has 1 aliphatic heterocycles. The Hall–Kier alpha value is -3.52. The van der Waals surface area contributed by atoms with Gasteiger partial charge in [-0.2, -0.15) is 5.10 Å². The number of esters is 1. The summed E-state index contributed by atoms with van der Waals surface area (Å²) in [6.45, 7) is 2.07. The summed E-state index contributed by atoms with van der Waals surface area (Å²) in [7, 11) is 0. The van der Waals surface area contributed by atoms with Gasteiger partial charge < -0.3 is 19.5 Å². The zero-order valence-electron chi connectivity index (χ0n) is 15.3. The van der Waals surface area contributed by atoms with Gasteiger partial charge in [0.1, 0.15) is 0 Å². The van der Waals surface area contributed by atoms with Crippen LogP contribution in [0.2, 0.25) is 5.02 Å². The van der Waals surface area contributed by atoms with E-state index in [0.717, 1.165) is 0 Å². The number of fused-ring (bicyclic) bond motifs is 1. The number of rotatable bonds is 5. The third-order valence-corrected chi connectivity index (χ3v) is 4.41. The molecule has 29 heavy (non-hydrogen) atoms. The van der Waals surface area contributed by atoms with E-state index in [9.17, 15) is 9.59 Å². The molecule has 0 saturated carbocycles. The van der Waals surface area contributed by atoms with Crippen LogP contribution in [0.15, 0.2) is 48.7 Å². The number of ether oxygens (including phenoxy) is 3. The minimum absolute atomic E-state index is 0.0693. The molecule has 1 aromatic heterocycles. The van der Waals surface area contributed by atoms with Crippen LogP contribution in [0.25, 0.3) is 5.69 Å². The highest BCUT2D eigenvalue weighted by Gasteiger charge is 2.21. The maximum atomic E-state index is 12.6. The lowest BCUT2D eigenvalue weighted by Gasteiger charge is -2.09. The molecule has 2 aromatic carbocycles. The fourth-order valence-corrected chi connectivity index (χ4v) is 3.07. The van der Waals surface area contributed by atoms with Gasteiger partial charge in [-0.05, 0) is 43.3 Å². The maximum absolute atomic E-state index is 12.6. The fraction of sp³-hybridized carbons (Fsp3) is 0.150. The second kappa shape index (κ2) is 7.84. The zero-order chi connectivity index (χ0) is 20.4. The standard InChI is InChI=1S/C20H16ClN3O5/c1-2-27-20(26)16-6-7-24(23-16)14-5-3-4-13(10-14)22-19(25)12-8-15(21)18-17(9-12)28-11-29-18/h3-10H,2,11H2,1H3,(H,22,25). The first-order valence-corrected chi connectivity index (χ1v) is 9.16. The summed E-state index contributed by atoms with van der Waals surface area (Å²) in [5.74, 6) is 0.0196. The van der Waals surface area contributed by atoms with Crippen molar-refractivity contribution in [1.82, 2.24) is 9.78 Å². The van der Waals surface area contributed by atoms with Gasteiger partial charge in [0, 0.05) is 17.4 Å². The third kappa shape index (κ3) is 3.88. The molecule has 0 spiro atoms. The SMILES string of the molecule is CCOC(=O)c1ccn(-c2cccc(NC(=O)c3cc(Cl)c4c(c3)OCO4)c2)n1. The molecule has 9 heteroatoms. The summed E-state index contributed by atoms with van der Waals surface area (Å²) in [6, 6.07) is 11.7. The van der Waals surface area contributed by atoms with Crippen LogP contribution in [-0.2, 0) is 4.74 Å². The minimum atomic E-state index is -0.490. The van der Waals surface area contributed by atoms with Crippen molar-refractivity contribution in [2.75, 3.05) is 18.7 Å². The molecule has 1 aliphatic rings. The fourth-order valence-electron chi connectivity index (χ4n) is 2.81. The number of anilines is 1. The first-order valence-electron chi connectivity index (χ1n) is 8.79. The van der Waals surface area contributed by atoms with E-state index in [1.54, 1.807) is 49.5 Å². The number of nitrogens with zero attached hydrogens (tertiary/aromatic N) is 2. The lowest BCUT2D eigenvalue weighted by Crippen LogP contribution is -2.12. The van der Waals surface area contributed by atoms with E-state index in [1.807, 2.05) is 0 Å². The van der Waals surface area contributed by atoms with Crippen LogP contribution in [0, 0.1) is 0 Å². The molecule has 2 heterocycles. The Morgan fingerprint density at radius 2 is 2.10 bits per heavy atom. The molecule has 0 atom stereocenters. The van der Waals surface area contributed by atoms with Gasteiger partial charge in [0.25, 0.3) is 5.91 Å². The van der Waals surface area contributed by atoms with E-state index in [2.05, 4.69) is 10.4 Å². The molecule has 4 rings (SSSR count). The van der Waals surface area contributed by atoms with Gasteiger partial charge in [-0.1, -0.05) is 17.7 Å². The summed E-state index contributed by atoms with van der Waals surface area (Å²) in [4.78, 5) is 24.4. The Kier molecular flexibility index (Phi) is 5.09. The highest BCUT2D eigenvalue weighted by molar-refractivity contribution is 6.32. The molecule has 148 valence electrons. The van der Waals surface area contributed by atoms with Gasteiger partial charge in [0.05, 0.1) is 17.3 Å². The van der Waals surface area contributed by atoms with Crippen molar-refractivity contribution in [1.29, 1.82) is 0 Å². The number of hydrogen-bond acceptors (Lipinski definition) is 6. The maximum Gasteiger partial charge on any atom is 0.358 e. The van der Waals surface area contributed by atoms with Crippen LogP contribution in [0.3, 0.4) is 0 Å². The van der Waals surface area contributed by atoms with Crippen molar-refractivity contribution < 1.29 is 23.8 Å². The third-order valence-electron chi connectivity index (χ3n) is 4.13. The molecule has 3 aromatic rings. The van der Waals surface area contributed by atoms with Crippen LogP contribution in [0.5, 0.6) is 11.5 Å². The van der Waals surface area contributed by atoms with E-state index < -0.39 is 5.97 Å². The Bertz CT molecular complexity index is 1100. The number of nitrogens with one attached hydrogen (secondary N) is 1. The number of amides is 1. The largest absolute Gasteiger partial charge is 0.461 e. The number of carbonyl (C=O) groups is 2. The molecule has 1 N–H and O–H groups in total. The molecule has 0 unspecified atom stereocenters. The lowest BCUT2D eigenvalue weighted by molar-refractivity contribution is 0.0519. The molecule has 0 saturated heterocycles. The first kappa shape index (κ1) is 18.8. The van der Waals surface area contributed by atoms with E-state index in [-0.39, 0.29) is 25.0 Å². The second-order valence-electron chi connectivity index (χ2n) is 6.06. The van der Waals surface area contributed by atoms with Crippen LogP contribution in [0.4, 0.5) is 5.69 Å². The molecule has 0 bridgehead atoms. The number of carbonyl (C=O) groups excluding carboxylic acids is 2. The summed E-state index contributed by atoms with van der Waals surface area (Å²) in [5.41, 5.74) is 1.76. The van der Waals surface area contributed by atoms with Crippen LogP contribution in [-0.4, -0.2) is 35.1 Å². The van der Waals surface area contributed by atoms with Crippen molar-refractivity contribution in [3.63, 3.8) is 0 Å². The van der Waals surface area contributed by atoms with Crippen molar-refractivity contribution in [2.24, 2.45) is 0 Å². The normalized spacial score (nSPS) is 11.9. The van der Waals surface area contributed by atoms with Crippen molar-refractivity contribution in [3.8, 4) is 17.2 Å². The number of halogens is 1. The number of aromatic nitrogens is 2. The minimum Gasteiger partial charge on any atom is -0.461 e. The summed E-state index contributed by atoms with van der Waals surface area (Å²) in [6.07, 6.45) is 1.64. The van der Waals surface area contributed by atoms with Gasteiger partial charge in [0.2, 0.25) is 6.79 Å². The summed E-state index contributed by atoms with van der Waals surface area (Å²) >= 11 is 6.14. The second-order valence-corrected chi connectivity index (χ2v) is 6.47. The van der Waals surface area contributed by atoms with E-state index in [4.69, 9.17) is 25.8 Å². The monoisotopic (exact) mass is 413 g/mol. The molecule has 0 fully saturated rings. The Morgan fingerprint density at radius 1 is 1.24 bits per heavy atom. The molecular formula is C20H16ClN3O5. The average molecular weight is 414 g/mol. The van der Waals surface area contributed by atoms with Crippen molar-refractivity contribution >= 4 is 29.2 Å². The van der Waals surface area contributed by atoms with Crippen LogP contribution < -0.4 is 14.8 Å². The number of hydrogen-bond donors (Lipinski definition) is 1. The zero-order valence-corrected chi connectivity index (χ0v) is 16.1. The van der Waals surface area contributed by atoms with Gasteiger partial charge in [-0.3, -0.25) is 4.79 Å².